The number of aromatic nitrogens is 2. The van der Waals surface area contributed by atoms with Crippen LogP contribution in [-0.2, 0) is 0 Å². The van der Waals surface area contributed by atoms with Crippen molar-refractivity contribution in [2.75, 3.05) is 0 Å². The predicted molar refractivity (Wildman–Crippen MR) is 201 cm³/mol. The number of fused-ring (bicyclic) bond motifs is 7. The summed E-state index contributed by atoms with van der Waals surface area (Å²) in [7, 11) is 0. The third kappa shape index (κ3) is 4.01. The fourth-order valence-corrected chi connectivity index (χ4v) is 7.73. The minimum Gasteiger partial charge on any atom is -0.440 e. The summed E-state index contributed by atoms with van der Waals surface area (Å²) in [5.74, 6) is 0.740. The van der Waals surface area contributed by atoms with Gasteiger partial charge in [0.1, 0.15) is 5.58 Å². The first kappa shape index (κ1) is 27.1. The lowest BCUT2D eigenvalue weighted by atomic mass is 10.0. The molecule has 0 spiro atoms. The van der Waals surface area contributed by atoms with Crippen LogP contribution in [0.2, 0.25) is 5.02 Å². The molecule has 4 heteroatoms. The highest BCUT2D eigenvalue weighted by atomic mass is 35.5. The third-order valence-electron chi connectivity index (χ3n) is 9.61. The first-order valence-corrected chi connectivity index (χ1v) is 16.5. The van der Waals surface area contributed by atoms with Gasteiger partial charge in [0.05, 0.1) is 27.1 Å². The number of hydrogen-bond donors (Lipinski definition) is 0. The second-order valence-corrected chi connectivity index (χ2v) is 12.7. The molecule has 0 fully saturated rings. The summed E-state index contributed by atoms with van der Waals surface area (Å²) in [5, 5.41) is 6.44. The zero-order chi connectivity index (χ0) is 31.8. The van der Waals surface area contributed by atoms with Gasteiger partial charge < -0.3 is 8.98 Å². The Morgan fingerprint density at radius 2 is 1.04 bits per heavy atom. The van der Waals surface area contributed by atoms with Crippen LogP contribution in [-0.4, -0.2) is 9.13 Å². The van der Waals surface area contributed by atoms with E-state index in [2.05, 4.69) is 149 Å². The molecule has 0 saturated carbocycles. The van der Waals surface area contributed by atoms with Crippen LogP contribution in [0, 0.1) is 0 Å². The van der Waals surface area contributed by atoms with E-state index in [0.29, 0.717) is 5.02 Å². The second-order valence-electron chi connectivity index (χ2n) is 12.3. The molecule has 10 aromatic rings. The van der Waals surface area contributed by atoms with Crippen LogP contribution < -0.4 is 0 Å². The molecule has 48 heavy (non-hydrogen) atoms. The monoisotopic (exact) mass is 634 g/mol. The average Bonchev–Trinajstić information content (AvgIpc) is 3.82. The Morgan fingerprint density at radius 1 is 0.417 bits per heavy atom. The summed E-state index contributed by atoms with van der Waals surface area (Å²) < 4.78 is 11.1. The lowest BCUT2D eigenvalue weighted by Gasteiger charge is -2.08. The van der Waals surface area contributed by atoms with Crippen molar-refractivity contribution in [2.24, 2.45) is 0 Å². The van der Waals surface area contributed by atoms with Gasteiger partial charge >= 0.3 is 0 Å². The Labute approximate surface area is 281 Å². The van der Waals surface area contributed by atoms with Crippen molar-refractivity contribution < 1.29 is 4.42 Å². The molecule has 0 saturated heterocycles. The minimum absolute atomic E-state index is 0.684. The van der Waals surface area contributed by atoms with E-state index in [4.69, 9.17) is 16.0 Å². The van der Waals surface area contributed by atoms with Crippen molar-refractivity contribution in [3.05, 3.63) is 169 Å². The van der Waals surface area contributed by atoms with Gasteiger partial charge in [0.25, 0.3) is 0 Å². The zero-order valence-electron chi connectivity index (χ0n) is 25.8. The van der Waals surface area contributed by atoms with Gasteiger partial charge in [0.2, 0.25) is 5.88 Å². The van der Waals surface area contributed by atoms with E-state index in [1.165, 1.54) is 27.4 Å². The number of benzene rings is 7. The van der Waals surface area contributed by atoms with E-state index in [9.17, 15) is 0 Å². The Morgan fingerprint density at radius 3 is 1.83 bits per heavy atom. The maximum Gasteiger partial charge on any atom is 0.205 e. The molecule has 0 aliphatic carbocycles. The molecular weight excluding hydrogens is 608 g/mol. The van der Waals surface area contributed by atoms with Gasteiger partial charge in [-0.1, -0.05) is 115 Å². The van der Waals surface area contributed by atoms with Crippen molar-refractivity contribution >= 4 is 66.2 Å². The summed E-state index contributed by atoms with van der Waals surface area (Å²) in [6.45, 7) is 0. The number of para-hydroxylation sites is 3. The topological polar surface area (TPSA) is 23.0 Å². The van der Waals surface area contributed by atoms with E-state index >= 15 is 0 Å². The highest BCUT2D eigenvalue weighted by Crippen LogP contribution is 2.41. The Hall–Kier alpha value is -6.03. The first-order chi connectivity index (χ1) is 23.7. The molecule has 0 unspecified atom stereocenters. The molecule has 3 nitrogen and oxygen atoms in total. The summed E-state index contributed by atoms with van der Waals surface area (Å²) in [6, 6.07) is 57.7. The third-order valence-corrected chi connectivity index (χ3v) is 9.92. The Kier molecular flexibility index (Phi) is 5.93. The SMILES string of the molecule is Clc1cccc2c3cc(-c4ccc5c(c4)c4ccccc4n5-c4ccccc4)ccc3n(-c3cc4c(-c5ccccc5)cccc4o3)c12. The molecule has 226 valence electrons. The van der Waals surface area contributed by atoms with Gasteiger partial charge in [-0.3, -0.25) is 4.57 Å². The van der Waals surface area contributed by atoms with Crippen molar-refractivity contribution in [2.45, 2.75) is 0 Å². The molecule has 0 amide bonds. The minimum atomic E-state index is 0.684. The average molecular weight is 635 g/mol. The van der Waals surface area contributed by atoms with Crippen molar-refractivity contribution in [1.82, 2.24) is 9.13 Å². The molecule has 0 atom stereocenters. The second kappa shape index (κ2) is 10.5. The van der Waals surface area contributed by atoms with Crippen LogP contribution in [0.3, 0.4) is 0 Å². The molecule has 7 aromatic carbocycles. The summed E-state index contributed by atoms with van der Waals surface area (Å²) in [5.41, 5.74) is 11.0. The van der Waals surface area contributed by atoms with Crippen molar-refractivity contribution in [1.29, 1.82) is 0 Å². The standard InChI is InChI=1S/C44H27ClN2O/c45-38-18-9-17-34-36-26-30(29-21-23-40-35(25-29)33-15-7-8-19-39(33)46(40)31-13-5-2-6-14-31)22-24-41(36)47(44(34)38)43-27-37-32(16-10-20-42(37)48-43)28-11-3-1-4-12-28/h1-27H. The van der Waals surface area contributed by atoms with Crippen LogP contribution in [0.4, 0.5) is 0 Å². The number of rotatable bonds is 4. The molecular formula is C44H27ClN2O. The summed E-state index contributed by atoms with van der Waals surface area (Å²) in [4.78, 5) is 0. The summed E-state index contributed by atoms with van der Waals surface area (Å²) >= 11 is 6.98. The molecule has 0 bridgehead atoms. The molecule has 3 heterocycles. The van der Waals surface area contributed by atoms with Crippen LogP contribution >= 0.6 is 11.6 Å². The van der Waals surface area contributed by atoms with Gasteiger partial charge in [-0.2, -0.15) is 0 Å². The number of hydrogen-bond acceptors (Lipinski definition) is 1. The maximum atomic E-state index is 6.98. The van der Waals surface area contributed by atoms with E-state index in [1.807, 2.05) is 24.3 Å². The van der Waals surface area contributed by atoms with Gasteiger partial charge in [-0.05, 0) is 76.9 Å². The van der Waals surface area contributed by atoms with Crippen LogP contribution in [0.1, 0.15) is 0 Å². The van der Waals surface area contributed by atoms with E-state index in [1.54, 1.807) is 0 Å². The van der Waals surface area contributed by atoms with Crippen molar-refractivity contribution in [3.63, 3.8) is 0 Å². The fourth-order valence-electron chi connectivity index (χ4n) is 7.47. The van der Waals surface area contributed by atoms with Crippen LogP contribution in [0.5, 0.6) is 0 Å². The van der Waals surface area contributed by atoms with Gasteiger partial charge in [0.15, 0.2) is 0 Å². The number of furan rings is 1. The van der Waals surface area contributed by atoms with Crippen LogP contribution in [0.15, 0.2) is 168 Å². The first-order valence-electron chi connectivity index (χ1n) is 16.1. The van der Waals surface area contributed by atoms with Gasteiger partial charge in [-0.15, -0.1) is 0 Å². The van der Waals surface area contributed by atoms with Gasteiger partial charge in [-0.25, -0.2) is 0 Å². The smallest absolute Gasteiger partial charge is 0.205 e. The Balaban J connectivity index is 1.17. The lowest BCUT2D eigenvalue weighted by molar-refractivity contribution is 0.590. The normalized spacial score (nSPS) is 11.9. The van der Waals surface area contributed by atoms with Gasteiger partial charge in [0, 0.05) is 38.7 Å². The van der Waals surface area contributed by atoms with Crippen LogP contribution in [0.25, 0.3) is 88.4 Å². The Bertz CT molecular complexity index is 2840. The molecule has 0 N–H and O–H groups in total. The maximum absolute atomic E-state index is 6.98. The largest absolute Gasteiger partial charge is 0.440 e. The quantitative estimate of drug-likeness (QED) is 0.189. The van der Waals surface area contributed by atoms with E-state index in [-0.39, 0.29) is 0 Å². The number of nitrogens with zero attached hydrogens (tertiary/aromatic N) is 2. The zero-order valence-corrected chi connectivity index (χ0v) is 26.5. The molecule has 0 radical (unpaired) electrons. The lowest BCUT2D eigenvalue weighted by Crippen LogP contribution is -1.93. The predicted octanol–water partition coefficient (Wildman–Crippen LogP) is 12.6. The molecule has 0 aliphatic rings. The van der Waals surface area contributed by atoms with E-state index < -0.39 is 0 Å². The van der Waals surface area contributed by atoms with E-state index in [0.717, 1.165) is 61.0 Å². The fraction of sp³-hybridized carbons (Fsp3) is 0. The highest BCUT2D eigenvalue weighted by Gasteiger charge is 2.20. The molecule has 0 aliphatic heterocycles. The highest BCUT2D eigenvalue weighted by molar-refractivity contribution is 6.36. The number of halogens is 1. The molecule has 3 aromatic heterocycles. The van der Waals surface area contributed by atoms with Crippen molar-refractivity contribution in [3.8, 4) is 33.8 Å². The molecule has 10 rings (SSSR count). The summed E-state index contributed by atoms with van der Waals surface area (Å²) in [6.07, 6.45) is 0.